The van der Waals surface area contributed by atoms with Gasteiger partial charge in [0.05, 0.1) is 12.6 Å². The Morgan fingerprint density at radius 3 is 2.95 bits per heavy atom. The van der Waals surface area contributed by atoms with Gasteiger partial charge in [0.25, 0.3) is 0 Å². The van der Waals surface area contributed by atoms with Gasteiger partial charge in [-0.1, -0.05) is 0 Å². The topological polar surface area (TPSA) is 122 Å². The summed E-state index contributed by atoms with van der Waals surface area (Å²) in [6.07, 6.45) is 1.29. The summed E-state index contributed by atoms with van der Waals surface area (Å²) in [6, 6.07) is 0. The first-order valence-corrected chi connectivity index (χ1v) is 6.04. The van der Waals surface area contributed by atoms with Crippen LogP contribution in [-0.4, -0.2) is 50.1 Å². The van der Waals surface area contributed by atoms with E-state index < -0.39 is 11.7 Å². The molecule has 109 valence electrons. The van der Waals surface area contributed by atoms with E-state index in [0.717, 1.165) is 0 Å². The summed E-state index contributed by atoms with van der Waals surface area (Å²) < 4.78 is 0. The molecule has 0 aromatic carbocycles. The third-order valence-corrected chi connectivity index (χ3v) is 3.46. The molecular formula is C11H15N6O2Re-. The first-order valence-electron chi connectivity index (χ1n) is 6.04. The molecule has 1 fully saturated rings. The maximum Gasteiger partial charge on any atom is 0.139 e. The molecule has 3 rings (SSSR count). The number of nitrogen functional groups attached to an aromatic ring is 1. The van der Waals surface area contributed by atoms with Crippen molar-refractivity contribution < 1.29 is 30.6 Å². The number of fused-ring (bicyclic) bond motifs is 1. The molecule has 0 bridgehead atoms. The van der Waals surface area contributed by atoms with E-state index in [9.17, 15) is 10.2 Å². The SMILES string of the molecule is C[C@@]1(O)CN(c2nc(N)nc3[n-]ncc23)CCC1O.[Re]. The Hall–Kier alpha value is -1.27. The number of aliphatic hydroxyl groups is 2. The molecule has 1 unspecified atom stereocenters. The van der Waals surface area contributed by atoms with Gasteiger partial charge in [-0.2, -0.15) is 0 Å². The van der Waals surface area contributed by atoms with E-state index >= 15 is 0 Å². The molecule has 2 aromatic heterocycles. The van der Waals surface area contributed by atoms with Crippen LogP contribution in [0.5, 0.6) is 0 Å². The molecule has 0 saturated carbocycles. The molecule has 0 spiro atoms. The zero-order valence-electron chi connectivity index (χ0n) is 10.9. The minimum Gasteiger partial charge on any atom is -0.403 e. The van der Waals surface area contributed by atoms with Crippen LogP contribution in [0.1, 0.15) is 13.3 Å². The fourth-order valence-electron chi connectivity index (χ4n) is 2.38. The van der Waals surface area contributed by atoms with Crippen molar-refractivity contribution in [2.45, 2.75) is 25.0 Å². The number of aromatic nitrogens is 4. The van der Waals surface area contributed by atoms with E-state index in [1.165, 1.54) is 0 Å². The summed E-state index contributed by atoms with van der Waals surface area (Å²) >= 11 is 0. The molecule has 0 aliphatic carbocycles. The number of anilines is 2. The summed E-state index contributed by atoms with van der Waals surface area (Å²) in [5.74, 6) is 0.716. The quantitative estimate of drug-likeness (QED) is 0.501. The zero-order valence-corrected chi connectivity index (χ0v) is 13.6. The van der Waals surface area contributed by atoms with Gasteiger partial charge in [-0.3, -0.25) is 5.10 Å². The average Bonchev–Trinajstić information content (AvgIpc) is 2.79. The van der Waals surface area contributed by atoms with Crippen molar-refractivity contribution in [1.82, 2.24) is 20.2 Å². The first-order chi connectivity index (χ1) is 8.97. The van der Waals surface area contributed by atoms with Crippen LogP contribution in [-0.2, 0) is 20.4 Å². The standard InChI is InChI=1S/C11H15N6O2.Re/c1-11(19)5-17(3-2-7(11)18)9-6-4-13-16-8(6)14-10(12)15-9;/h4,7,18-19H,2-3,5H2,1H3,(H2-,12,13,14,15,16);/q-1;/t7?,11-;/m1./s1. The number of rotatable bonds is 1. The van der Waals surface area contributed by atoms with Crippen molar-refractivity contribution in [3.8, 4) is 0 Å². The van der Waals surface area contributed by atoms with Crippen molar-refractivity contribution in [2.24, 2.45) is 0 Å². The van der Waals surface area contributed by atoms with Gasteiger partial charge in [0.15, 0.2) is 0 Å². The van der Waals surface area contributed by atoms with Gasteiger partial charge in [0.1, 0.15) is 17.4 Å². The van der Waals surface area contributed by atoms with Gasteiger partial charge in [0, 0.05) is 38.6 Å². The second kappa shape index (κ2) is 5.26. The second-order valence-corrected chi connectivity index (χ2v) is 5.07. The molecule has 3 heterocycles. The summed E-state index contributed by atoms with van der Waals surface area (Å²) in [5, 5.41) is 28.3. The van der Waals surface area contributed by atoms with E-state index in [1.807, 2.05) is 4.90 Å². The number of piperidine rings is 1. The van der Waals surface area contributed by atoms with Crippen molar-refractivity contribution in [1.29, 1.82) is 0 Å². The molecule has 2 atom stereocenters. The maximum atomic E-state index is 10.2. The molecule has 1 radical (unpaired) electrons. The van der Waals surface area contributed by atoms with Crippen molar-refractivity contribution in [2.75, 3.05) is 23.7 Å². The average molecular weight is 449 g/mol. The van der Waals surface area contributed by atoms with Crippen LogP contribution < -0.4 is 15.7 Å². The number of hydrogen-bond acceptors (Lipinski definition) is 7. The minimum absolute atomic E-state index is 0. The molecule has 2 aromatic rings. The largest absolute Gasteiger partial charge is 0.403 e. The molecule has 20 heavy (non-hydrogen) atoms. The Bertz CT molecular complexity index is 616. The smallest absolute Gasteiger partial charge is 0.139 e. The molecule has 4 N–H and O–H groups in total. The number of nitrogens with two attached hydrogens (primary N) is 1. The predicted molar refractivity (Wildman–Crippen MR) is 68.5 cm³/mol. The van der Waals surface area contributed by atoms with Gasteiger partial charge in [-0.15, -0.1) is 0 Å². The fourth-order valence-corrected chi connectivity index (χ4v) is 2.38. The Kier molecular flexibility index (Phi) is 3.98. The molecule has 1 aliphatic heterocycles. The second-order valence-electron chi connectivity index (χ2n) is 5.07. The van der Waals surface area contributed by atoms with E-state index in [1.54, 1.807) is 13.1 Å². The van der Waals surface area contributed by atoms with Crippen LogP contribution in [0, 0.1) is 0 Å². The van der Waals surface area contributed by atoms with Gasteiger partial charge in [-0.25, -0.2) is 4.98 Å². The molecule has 9 heteroatoms. The van der Waals surface area contributed by atoms with E-state index in [4.69, 9.17) is 5.73 Å². The third kappa shape index (κ3) is 2.50. The third-order valence-electron chi connectivity index (χ3n) is 3.46. The molecular weight excluding hydrogens is 434 g/mol. The molecule has 8 nitrogen and oxygen atoms in total. The molecule has 1 aliphatic rings. The van der Waals surface area contributed by atoms with Crippen LogP contribution in [0.2, 0.25) is 0 Å². The zero-order chi connectivity index (χ0) is 13.6. The summed E-state index contributed by atoms with van der Waals surface area (Å²) in [4.78, 5) is 10.1. The number of β-amino-alcohol motifs (C(OH)–C–C–N with tert-alkyl or cyclic N) is 1. The van der Waals surface area contributed by atoms with Gasteiger partial charge >= 0.3 is 0 Å². The Balaban J connectivity index is 0.00000147. The number of hydrogen-bond donors (Lipinski definition) is 3. The maximum absolute atomic E-state index is 10.2. The predicted octanol–water partition coefficient (Wildman–Crippen LogP) is -1.12. The Labute approximate surface area is 129 Å². The van der Waals surface area contributed by atoms with Gasteiger partial charge < -0.3 is 30.9 Å². The fraction of sp³-hybridized carbons (Fsp3) is 0.545. The van der Waals surface area contributed by atoms with Crippen LogP contribution in [0.25, 0.3) is 11.0 Å². The van der Waals surface area contributed by atoms with E-state index in [0.29, 0.717) is 29.8 Å². The van der Waals surface area contributed by atoms with Crippen molar-refractivity contribution in [3.63, 3.8) is 0 Å². The van der Waals surface area contributed by atoms with Crippen LogP contribution >= 0.6 is 0 Å². The Morgan fingerprint density at radius 2 is 2.25 bits per heavy atom. The van der Waals surface area contributed by atoms with E-state index in [2.05, 4.69) is 20.2 Å². The minimum atomic E-state index is -1.18. The summed E-state index contributed by atoms with van der Waals surface area (Å²) in [7, 11) is 0. The van der Waals surface area contributed by atoms with Crippen LogP contribution in [0.15, 0.2) is 6.20 Å². The monoisotopic (exact) mass is 450 g/mol. The number of aliphatic hydroxyl groups excluding tert-OH is 1. The first kappa shape index (κ1) is 15.1. The number of nitrogens with zero attached hydrogens (tertiary/aromatic N) is 5. The van der Waals surface area contributed by atoms with Crippen molar-refractivity contribution >= 4 is 22.8 Å². The van der Waals surface area contributed by atoms with Crippen LogP contribution in [0.4, 0.5) is 11.8 Å². The van der Waals surface area contributed by atoms with Gasteiger partial charge in [0.2, 0.25) is 0 Å². The normalized spacial score (nSPS) is 26.6. The van der Waals surface area contributed by atoms with E-state index in [-0.39, 0.29) is 32.9 Å². The van der Waals surface area contributed by atoms with Crippen molar-refractivity contribution in [3.05, 3.63) is 6.20 Å². The summed E-state index contributed by atoms with van der Waals surface area (Å²) in [5.41, 5.74) is 4.91. The molecule has 1 saturated heterocycles. The molecule has 0 amide bonds. The Morgan fingerprint density at radius 1 is 1.50 bits per heavy atom. The van der Waals surface area contributed by atoms with Gasteiger partial charge in [-0.05, 0) is 19.0 Å². The van der Waals surface area contributed by atoms with Crippen LogP contribution in [0.3, 0.4) is 0 Å². The summed E-state index contributed by atoms with van der Waals surface area (Å²) in [6.45, 7) is 2.45.